The van der Waals surface area contributed by atoms with Crippen LogP contribution in [-0.2, 0) is 6.42 Å². The van der Waals surface area contributed by atoms with Crippen molar-refractivity contribution in [3.05, 3.63) is 63.3 Å². The third kappa shape index (κ3) is 3.29. The Morgan fingerprint density at radius 1 is 1.28 bits per heavy atom. The van der Waals surface area contributed by atoms with E-state index in [2.05, 4.69) is 38.5 Å². The van der Waals surface area contributed by atoms with Gasteiger partial charge in [-0.3, -0.25) is 16.3 Å². The summed E-state index contributed by atoms with van der Waals surface area (Å²) in [7, 11) is 0. The number of hydrogen-bond donors (Lipinski definition) is 2. The fourth-order valence-corrected chi connectivity index (χ4v) is 2.30. The number of nitrogens with one attached hydrogen (secondary N) is 1. The van der Waals surface area contributed by atoms with Crippen LogP contribution in [0.3, 0.4) is 0 Å². The summed E-state index contributed by atoms with van der Waals surface area (Å²) in [5, 5.41) is 0.623. The molecule has 3 nitrogen and oxygen atoms in total. The first kappa shape index (κ1) is 13.5. The normalized spacial score (nSPS) is 12.4. The number of aromatic nitrogens is 1. The lowest BCUT2D eigenvalue weighted by Crippen LogP contribution is -2.29. The molecule has 2 aromatic rings. The van der Waals surface area contributed by atoms with Gasteiger partial charge in [-0.1, -0.05) is 39.7 Å². The molecule has 0 amide bonds. The molecule has 0 saturated carbocycles. The van der Waals surface area contributed by atoms with Crippen molar-refractivity contribution < 1.29 is 0 Å². The van der Waals surface area contributed by atoms with Crippen molar-refractivity contribution in [2.24, 2.45) is 5.84 Å². The second-order valence-corrected chi connectivity index (χ2v) is 5.27. The average molecular weight is 327 g/mol. The molecule has 1 heterocycles. The molecule has 1 aromatic heterocycles. The van der Waals surface area contributed by atoms with Crippen LogP contribution in [0.4, 0.5) is 0 Å². The van der Waals surface area contributed by atoms with Crippen molar-refractivity contribution in [1.29, 1.82) is 0 Å². The minimum Gasteiger partial charge on any atom is -0.271 e. The molecule has 0 fully saturated rings. The van der Waals surface area contributed by atoms with Crippen molar-refractivity contribution in [3.63, 3.8) is 0 Å². The van der Waals surface area contributed by atoms with E-state index in [1.807, 2.05) is 18.2 Å². The zero-order valence-electron chi connectivity index (χ0n) is 9.61. The molecule has 1 aromatic carbocycles. The van der Waals surface area contributed by atoms with Gasteiger partial charge in [-0.25, -0.2) is 0 Å². The van der Waals surface area contributed by atoms with E-state index in [0.29, 0.717) is 5.02 Å². The maximum absolute atomic E-state index is 6.12. The van der Waals surface area contributed by atoms with Gasteiger partial charge in [0.15, 0.2) is 0 Å². The Labute approximate surface area is 119 Å². The van der Waals surface area contributed by atoms with E-state index in [0.717, 1.165) is 16.5 Å². The van der Waals surface area contributed by atoms with Crippen molar-refractivity contribution in [1.82, 2.24) is 10.4 Å². The van der Waals surface area contributed by atoms with E-state index >= 15 is 0 Å². The van der Waals surface area contributed by atoms with Gasteiger partial charge in [0, 0.05) is 16.9 Å². The second-order valence-electron chi connectivity index (χ2n) is 3.95. The molecular weight excluding hydrogens is 314 g/mol. The summed E-state index contributed by atoms with van der Waals surface area (Å²) in [6.07, 6.45) is 4.11. The fraction of sp³-hybridized carbons (Fsp3) is 0.154. The molecule has 2 rings (SSSR count). The van der Waals surface area contributed by atoms with E-state index < -0.39 is 0 Å². The Balaban J connectivity index is 2.20. The highest BCUT2D eigenvalue weighted by Gasteiger charge is 2.13. The van der Waals surface area contributed by atoms with Crippen LogP contribution in [0.15, 0.2) is 47.2 Å². The van der Waals surface area contributed by atoms with Crippen LogP contribution in [0.5, 0.6) is 0 Å². The molecule has 0 spiro atoms. The molecule has 5 heteroatoms. The number of nitrogens with two attached hydrogens (primary N) is 1. The standard InChI is InChI=1S/C13H13BrClN3/c14-10-3-1-9(2-4-10)7-13(18-16)11-5-6-17-8-12(11)15/h1-6,8,13,18H,7,16H2. The first-order chi connectivity index (χ1) is 8.70. The summed E-state index contributed by atoms with van der Waals surface area (Å²) < 4.78 is 1.06. The molecule has 0 aliphatic rings. The monoisotopic (exact) mass is 325 g/mol. The van der Waals surface area contributed by atoms with Crippen molar-refractivity contribution >= 4 is 27.5 Å². The minimum absolute atomic E-state index is 0.0262. The highest BCUT2D eigenvalue weighted by atomic mass is 79.9. The topological polar surface area (TPSA) is 50.9 Å². The van der Waals surface area contributed by atoms with E-state index in [9.17, 15) is 0 Å². The molecule has 1 unspecified atom stereocenters. The molecule has 3 N–H and O–H groups in total. The van der Waals surface area contributed by atoms with E-state index in [1.54, 1.807) is 12.4 Å². The van der Waals surface area contributed by atoms with Gasteiger partial charge >= 0.3 is 0 Å². The Bertz CT molecular complexity index is 516. The molecule has 0 aliphatic heterocycles. The lowest BCUT2D eigenvalue weighted by atomic mass is 10.0. The van der Waals surface area contributed by atoms with Gasteiger partial charge in [-0.2, -0.15) is 0 Å². The van der Waals surface area contributed by atoms with Crippen LogP contribution in [-0.4, -0.2) is 4.98 Å². The largest absolute Gasteiger partial charge is 0.271 e. The lowest BCUT2D eigenvalue weighted by molar-refractivity contribution is 0.551. The number of benzene rings is 1. The number of nitrogens with zero attached hydrogens (tertiary/aromatic N) is 1. The summed E-state index contributed by atoms with van der Waals surface area (Å²) in [5.41, 5.74) is 4.94. The molecule has 94 valence electrons. The number of pyridine rings is 1. The quantitative estimate of drug-likeness (QED) is 0.670. The van der Waals surface area contributed by atoms with Gasteiger partial charge in [0.2, 0.25) is 0 Å². The summed E-state index contributed by atoms with van der Waals surface area (Å²) in [6, 6.07) is 9.99. The smallest absolute Gasteiger partial charge is 0.0637 e. The Kier molecular flexibility index (Phi) is 4.72. The minimum atomic E-state index is -0.0262. The van der Waals surface area contributed by atoms with Crippen molar-refractivity contribution in [2.75, 3.05) is 0 Å². The van der Waals surface area contributed by atoms with Gasteiger partial charge in [0.1, 0.15) is 0 Å². The third-order valence-electron chi connectivity index (χ3n) is 2.73. The third-order valence-corrected chi connectivity index (χ3v) is 3.58. The molecule has 18 heavy (non-hydrogen) atoms. The van der Waals surface area contributed by atoms with Crippen LogP contribution < -0.4 is 11.3 Å². The Morgan fingerprint density at radius 3 is 2.61 bits per heavy atom. The van der Waals surface area contributed by atoms with E-state index in [-0.39, 0.29) is 6.04 Å². The van der Waals surface area contributed by atoms with Gasteiger partial charge in [0.05, 0.1) is 11.1 Å². The Hall–Kier alpha value is -0.940. The zero-order chi connectivity index (χ0) is 13.0. The highest BCUT2D eigenvalue weighted by molar-refractivity contribution is 9.10. The number of hydrazine groups is 1. The predicted molar refractivity (Wildman–Crippen MR) is 77.2 cm³/mol. The summed E-state index contributed by atoms with van der Waals surface area (Å²) >= 11 is 9.54. The number of halogens is 2. The van der Waals surface area contributed by atoms with Crippen LogP contribution in [0, 0.1) is 0 Å². The first-order valence-corrected chi connectivity index (χ1v) is 6.68. The molecule has 0 saturated heterocycles. The van der Waals surface area contributed by atoms with Crippen molar-refractivity contribution in [2.45, 2.75) is 12.5 Å². The number of hydrogen-bond acceptors (Lipinski definition) is 3. The van der Waals surface area contributed by atoms with Crippen LogP contribution in [0.1, 0.15) is 17.2 Å². The fourth-order valence-electron chi connectivity index (χ4n) is 1.78. The van der Waals surface area contributed by atoms with Gasteiger partial charge in [0.25, 0.3) is 0 Å². The summed E-state index contributed by atoms with van der Waals surface area (Å²) in [6.45, 7) is 0. The van der Waals surface area contributed by atoms with Crippen LogP contribution in [0.25, 0.3) is 0 Å². The van der Waals surface area contributed by atoms with Crippen LogP contribution in [0.2, 0.25) is 5.02 Å². The summed E-state index contributed by atoms with van der Waals surface area (Å²) in [4.78, 5) is 3.97. The maximum Gasteiger partial charge on any atom is 0.0637 e. The highest BCUT2D eigenvalue weighted by Crippen LogP contribution is 2.24. The van der Waals surface area contributed by atoms with E-state index in [4.69, 9.17) is 17.4 Å². The summed E-state index contributed by atoms with van der Waals surface area (Å²) in [5.74, 6) is 5.61. The molecular formula is C13H13BrClN3. The van der Waals surface area contributed by atoms with E-state index in [1.165, 1.54) is 5.56 Å². The van der Waals surface area contributed by atoms with Gasteiger partial charge in [-0.05, 0) is 35.7 Å². The lowest BCUT2D eigenvalue weighted by Gasteiger charge is -2.17. The predicted octanol–water partition coefficient (Wildman–Crippen LogP) is 3.24. The molecule has 0 aliphatic carbocycles. The molecule has 0 bridgehead atoms. The van der Waals surface area contributed by atoms with Crippen molar-refractivity contribution in [3.8, 4) is 0 Å². The average Bonchev–Trinajstić information content (AvgIpc) is 2.39. The molecule has 0 radical (unpaired) electrons. The van der Waals surface area contributed by atoms with Gasteiger partial charge in [-0.15, -0.1) is 0 Å². The SMILES string of the molecule is NNC(Cc1ccc(Br)cc1)c1ccncc1Cl. The number of rotatable bonds is 4. The Morgan fingerprint density at radius 2 is 2.00 bits per heavy atom. The first-order valence-electron chi connectivity index (χ1n) is 5.50. The van der Waals surface area contributed by atoms with Crippen LogP contribution >= 0.6 is 27.5 Å². The zero-order valence-corrected chi connectivity index (χ0v) is 11.9. The molecule has 1 atom stereocenters. The van der Waals surface area contributed by atoms with Gasteiger partial charge < -0.3 is 0 Å². The second kappa shape index (κ2) is 6.29. The maximum atomic E-state index is 6.12.